The quantitative estimate of drug-likeness (QED) is 0.930. The second-order valence-corrected chi connectivity index (χ2v) is 5.92. The smallest absolute Gasteiger partial charge is 0.340 e. The van der Waals surface area contributed by atoms with Gasteiger partial charge in [-0.25, -0.2) is 0 Å². The first-order chi connectivity index (χ1) is 10.3. The van der Waals surface area contributed by atoms with Gasteiger partial charge >= 0.3 is 6.18 Å². The zero-order chi connectivity index (χ0) is 16.3. The third kappa shape index (κ3) is 4.22. The molecular formula is C16H21F3N2O. The minimum atomic E-state index is -4.32. The monoisotopic (exact) mass is 314 g/mol. The van der Waals surface area contributed by atoms with Crippen LogP contribution < -0.4 is 5.32 Å². The molecule has 1 aliphatic rings. The second-order valence-electron chi connectivity index (χ2n) is 5.92. The van der Waals surface area contributed by atoms with E-state index in [0.717, 1.165) is 24.2 Å². The molecule has 22 heavy (non-hydrogen) atoms. The maximum Gasteiger partial charge on any atom is 0.416 e. The van der Waals surface area contributed by atoms with Crippen molar-refractivity contribution in [2.24, 2.45) is 0 Å². The second kappa shape index (κ2) is 6.69. The molecule has 0 aliphatic carbocycles. The number of hydrogen-bond acceptors (Lipinski definition) is 2. The highest BCUT2D eigenvalue weighted by molar-refractivity contribution is 5.77. The summed E-state index contributed by atoms with van der Waals surface area (Å²) in [7, 11) is 0. The minimum absolute atomic E-state index is 0.0562. The fraction of sp³-hybridized carbons (Fsp3) is 0.562. The minimum Gasteiger partial charge on any atom is -0.340 e. The highest BCUT2D eigenvalue weighted by Crippen LogP contribution is 2.30. The van der Waals surface area contributed by atoms with Crippen LogP contribution in [0.2, 0.25) is 0 Å². The standard InChI is InChI=1S/C16H21F3N2O/c1-11(9-15(22)21-8-7-20-12(2)10-21)13-3-5-14(6-4-13)16(17,18)19/h3-6,11-12,20H,7-10H2,1-2H3. The van der Waals surface area contributed by atoms with E-state index in [1.54, 1.807) is 0 Å². The summed E-state index contributed by atoms with van der Waals surface area (Å²) in [6.07, 6.45) is -4.01. The number of carbonyl (C=O) groups excluding carboxylic acids is 1. The van der Waals surface area contributed by atoms with E-state index >= 15 is 0 Å². The SMILES string of the molecule is CC1CN(C(=O)CC(C)c2ccc(C(F)(F)F)cc2)CCN1. The average molecular weight is 314 g/mol. The van der Waals surface area contributed by atoms with E-state index in [1.807, 2.05) is 18.7 Å². The van der Waals surface area contributed by atoms with Gasteiger partial charge in [0.25, 0.3) is 0 Å². The maximum atomic E-state index is 12.5. The lowest BCUT2D eigenvalue weighted by atomic mass is 9.96. The van der Waals surface area contributed by atoms with Crippen LogP contribution >= 0.6 is 0 Å². The van der Waals surface area contributed by atoms with Crippen LogP contribution in [0.4, 0.5) is 13.2 Å². The Labute approximate surface area is 128 Å². The molecule has 3 nitrogen and oxygen atoms in total. The molecular weight excluding hydrogens is 293 g/mol. The lowest BCUT2D eigenvalue weighted by molar-refractivity contribution is -0.137. The molecule has 1 aromatic carbocycles. The lowest BCUT2D eigenvalue weighted by Gasteiger charge is -2.32. The van der Waals surface area contributed by atoms with Crippen LogP contribution in [0, 0.1) is 0 Å². The number of hydrogen-bond donors (Lipinski definition) is 1. The summed E-state index contributed by atoms with van der Waals surface area (Å²) in [5.74, 6) is -0.0410. The van der Waals surface area contributed by atoms with E-state index in [2.05, 4.69) is 5.32 Å². The van der Waals surface area contributed by atoms with E-state index in [9.17, 15) is 18.0 Å². The molecule has 1 N–H and O–H groups in total. The third-order valence-corrected chi connectivity index (χ3v) is 4.01. The summed E-state index contributed by atoms with van der Waals surface area (Å²) in [5.41, 5.74) is 0.0928. The van der Waals surface area contributed by atoms with Gasteiger partial charge in [0.1, 0.15) is 0 Å². The zero-order valence-electron chi connectivity index (χ0n) is 12.8. The van der Waals surface area contributed by atoms with Crippen LogP contribution in [0.5, 0.6) is 0 Å². The molecule has 0 aromatic heterocycles. The molecule has 1 aromatic rings. The van der Waals surface area contributed by atoms with Gasteiger partial charge in [-0.15, -0.1) is 0 Å². The third-order valence-electron chi connectivity index (χ3n) is 4.01. The van der Waals surface area contributed by atoms with Crippen LogP contribution in [-0.4, -0.2) is 36.5 Å². The van der Waals surface area contributed by atoms with Gasteiger partial charge in [-0.2, -0.15) is 13.2 Å². The van der Waals surface area contributed by atoms with Crippen molar-refractivity contribution in [3.8, 4) is 0 Å². The largest absolute Gasteiger partial charge is 0.416 e. The predicted octanol–water partition coefficient (Wildman–Crippen LogP) is 3.02. The molecule has 0 bridgehead atoms. The van der Waals surface area contributed by atoms with Crippen LogP contribution in [-0.2, 0) is 11.0 Å². The number of nitrogens with one attached hydrogen (secondary N) is 1. The zero-order valence-corrected chi connectivity index (χ0v) is 12.8. The van der Waals surface area contributed by atoms with E-state index in [-0.39, 0.29) is 17.9 Å². The number of alkyl halides is 3. The Morgan fingerprint density at radius 3 is 2.55 bits per heavy atom. The number of rotatable bonds is 3. The highest BCUT2D eigenvalue weighted by atomic mass is 19.4. The van der Waals surface area contributed by atoms with Gasteiger partial charge in [0.05, 0.1) is 5.56 Å². The van der Waals surface area contributed by atoms with Crippen molar-refractivity contribution < 1.29 is 18.0 Å². The molecule has 1 aliphatic heterocycles. The molecule has 122 valence electrons. The molecule has 2 atom stereocenters. The Bertz CT molecular complexity index is 513. The van der Waals surface area contributed by atoms with Crippen LogP contribution in [0.15, 0.2) is 24.3 Å². The highest BCUT2D eigenvalue weighted by Gasteiger charge is 2.30. The van der Waals surface area contributed by atoms with Crippen molar-refractivity contribution in [2.45, 2.75) is 38.4 Å². The van der Waals surface area contributed by atoms with Crippen molar-refractivity contribution in [3.05, 3.63) is 35.4 Å². The van der Waals surface area contributed by atoms with Crippen molar-refractivity contribution in [2.75, 3.05) is 19.6 Å². The van der Waals surface area contributed by atoms with Gasteiger partial charge in [-0.1, -0.05) is 19.1 Å². The fourth-order valence-corrected chi connectivity index (χ4v) is 2.67. The Hall–Kier alpha value is -1.56. The van der Waals surface area contributed by atoms with E-state index in [0.29, 0.717) is 19.5 Å². The molecule has 1 heterocycles. The fourth-order valence-electron chi connectivity index (χ4n) is 2.67. The molecule has 0 saturated carbocycles. The summed E-state index contributed by atoms with van der Waals surface area (Å²) < 4.78 is 37.6. The first kappa shape index (κ1) is 16.8. The summed E-state index contributed by atoms with van der Waals surface area (Å²) in [6, 6.07) is 5.34. The molecule has 1 amide bonds. The Morgan fingerprint density at radius 2 is 2.00 bits per heavy atom. The van der Waals surface area contributed by atoms with Crippen LogP contribution in [0.3, 0.4) is 0 Å². The molecule has 6 heteroatoms. The topological polar surface area (TPSA) is 32.3 Å². The van der Waals surface area contributed by atoms with Gasteiger partial charge in [0, 0.05) is 32.1 Å². The number of halogens is 3. The van der Waals surface area contributed by atoms with Crippen molar-refractivity contribution >= 4 is 5.91 Å². The summed E-state index contributed by atoms with van der Waals surface area (Å²) in [4.78, 5) is 14.1. The average Bonchev–Trinajstić information content (AvgIpc) is 2.46. The Kier molecular flexibility index (Phi) is 5.11. The normalized spacial score (nSPS) is 20.8. The molecule has 1 saturated heterocycles. The molecule has 0 spiro atoms. The first-order valence-corrected chi connectivity index (χ1v) is 7.45. The maximum absolute atomic E-state index is 12.5. The Morgan fingerprint density at radius 1 is 1.36 bits per heavy atom. The lowest BCUT2D eigenvalue weighted by Crippen LogP contribution is -2.51. The number of nitrogens with zero attached hydrogens (tertiary/aromatic N) is 1. The molecule has 2 rings (SSSR count). The number of piperazine rings is 1. The van der Waals surface area contributed by atoms with Crippen molar-refractivity contribution in [1.82, 2.24) is 10.2 Å². The first-order valence-electron chi connectivity index (χ1n) is 7.45. The van der Waals surface area contributed by atoms with Crippen molar-refractivity contribution in [1.29, 1.82) is 0 Å². The summed E-state index contributed by atoms with van der Waals surface area (Å²) in [5, 5.41) is 3.27. The van der Waals surface area contributed by atoms with E-state index < -0.39 is 11.7 Å². The van der Waals surface area contributed by atoms with Gasteiger partial charge in [-0.05, 0) is 30.5 Å². The van der Waals surface area contributed by atoms with Gasteiger partial charge in [0.2, 0.25) is 5.91 Å². The van der Waals surface area contributed by atoms with Crippen molar-refractivity contribution in [3.63, 3.8) is 0 Å². The Balaban J connectivity index is 1.96. The van der Waals surface area contributed by atoms with Gasteiger partial charge < -0.3 is 10.2 Å². The molecule has 1 fully saturated rings. The summed E-state index contributed by atoms with van der Waals surface area (Å²) >= 11 is 0. The number of amides is 1. The van der Waals surface area contributed by atoms with Crippen LogP contribution in [0.25, 0.3) is 0 Å². The predicted molar refractivity (Wildman–Crippen MR) is 78.5 cm³/mol. The number of carbonyl (C=O) groups is 1. The molecule has 2 unspecified atom stereocenters. The van der Waals surface area contributed by atoms with Crippen LogP contribution in [0.1, 0.15) is 37.3 Å². The summed E-state index contributed by atoms with van der Waals surface area (Å²) in [6.45, 7) is 6.04. The number of benzene rings is 1. The van der Waals surface area contributed by atoms with E-state index in [1.165, 1.54) is 12.1 Å². The van der Waals surface area contributed by atoms with Gasteiger partial charge in [-0.3, -0.25) is 4.79 Å². The van der Waals surface area contributed by atoms with Gasteiger partial charge in [0.15, 0.2) is 0 Å². The molecule has 0 radical (unpaired) electrons. The van der Waals surface area contributed by atoms with E-state index in [4.69, 9.17) is 0 Å².